The Hall–Kier alpha value is -2.15. The van der Waals surface area contributed by atoms with Crippen LogP contribution < -0.4 is 14.8 Å². The number of nitrogens with one attached hydrogen (secondary N) is 1. The van der Waals surface area contributed by atoms with E-state index in [0.717, 1.165) is 46.3 Å². The van der Waals surface area contributed by atoms with E-state index in [4.69, 9.17) is 14.0 Å². The van der Waals surface area contributed by atoms with Gasteiger partial charge in [-0.1, -0.05) is 11.2 Å². The van der Waals surface area contributed by atoms with Gasteiger partial charge >= 0.3 is 0 Å². The zero-order chi connectivity index (χ0) is 16.9. The molecule has 1 N–H and O–H groups in total. The number of benzene rings is 1. The Kier molecular flexibility index (Phi) is 5.30. The number of fused-ring (bicyclic) bond motifs is 1. The Labute approximate surface area is 144 Å². The predicted molar refractivity (Wildman–Crippen MR) is 91.4 cm³/mol. The van der Waals surface area contributed by atoms with Crippen LogP contribution in [0, 0.1) is 13.8 Å². The van der Waals surface area contributed by atoms with Crippen molar-refractivity contribution in [2.45, 2.75) is 26.0 Å². The fraction of sp³-hybridized carbons (Fsp3) is 0.412. The third-order valence-electron chi connectivity index (χ3n) is 3.83. The predicted octanol–water partition coefficient (Wildman–Crippen LogP) is 2.61. The van der Waals surface area contributed by atoms with E-state index in [1.807, 2.05) is 32.0 Å². The van der Waals surface area contributed by atoms with E-state index in [1.165, 1.54) is 0 Å². The summed E-state index contributed by atoms with van der Waals surface area (Å²) in [6, 6.07) is 5.85. The number of carbonyl (C=O) groups is 1. The van der Waals surface area contributed by atoms with Gasteiger partial charge in [0.25, 0.3) is 0 Å². The van der Waals surface area contributed by atoms with Crippen LogP contribution in [0.15, 0.2) is 22.7 Å². The molecule has 0 unspecified atom stereocenters. The van der Waals surface area contributed by atoms with Crippen molar-refractivity contribution in [1.82, 2.24) is 10.5 Å². The van der Waals surface area contributed by atoms with Gasteiger partial charge < -0.3 is 19.3 Å². The van der Waals surface area contributed by atoms with E-state index in [1.54, 1.807) is 11.8 Å². The van der Waals surface area contributed by atoms with Crippen molar-refractivity contribution in [2.75, 3.05) is 19.1 Å². The van der Waals surface area contributed by atoms with Gasteiger partial charge in [-0.15, -0.1) is 11.8 Å². The van der Waals surface area contributed by atoms with E-state index in [9.17, 15) is 4.79 Å². The third kappa shape index (κ3) is 4.03. The van der Waals surface area contributed by atoms with E-state index in [0.29, 0.717) is 12.3 Å². The smallest absolute Gasteiger partial charge is 0.231 e. The van der Waals surface area contributed by atoms with Crippen LogP contribution in [0.5, 0.6) is 11.5 Å². The SMILES string of the molecule is Cc1noc(C)c1CSCC(=O)NCCc1ccc2c(c1)OCO2. The van der Waals surface area contributed by atoms with Gasteiger partial charge in [0.1, 0.15) is 5.76 Å². The molecular formula is C17H20N2O4S. The Balaban J connectivity index is 1.37. The molecule has 0 spiro atoms. The lowest BCUT2D eigenvalue weighted by Crippen LogP contribution is -2.27. The molecule has 7 heteroatoms. The lowest BCUT2D eigenvalue weighted by molar-refractivity contribution is -0.118. The van der Waals surface area contributed by atoms with Crippen LogP contribution in [0.3, 0.4) is 0 Å². The van der Waals surface area contributed by atoms with Crippen molar-refractivity contribution in [3.05, 3.63) is 40.8 Å². The zero-order valence-electron chi connectivity index (χ0n) is 13.8. The average Bonchev–Trinajstić information content (AvgIpc) is 3.15. The minimum absolute atomic E-state index is 0.0347. The van der Waals surface area contributed by atoms with Crippen molar-refractivity contribution in [2.24, 2.45) is 0 Å². The van der Waals surface area contributed by atoms with Gasteiger partial charge in [-0.25, -0.2) is 0 Å². The van der Waals surface area contributed by atoms with Crippen LogP contribution in [-0.4, -0.2) is 30.2 Å². The summed E-state index contributed by atoms with van der Waals surface area (Å²) in [6.45, 7) is 4.68. The van der Waals surface area contributed by atoms with Gasteiger partial charge in [0.15, 0.2) is 11.5 Å². The summed E-state index contributed by atoms with van der Waals surface area (Å²) in [4.78, 5) is 11.9. The summed E-state index contributed by atoms with van der Waals surface area (Å²) in [7, 11) is 0. The second-order valence-corrected chi connectivity index (χ2v) is 6.57. The summed E-state index contributed by atoms with van der Waals surface area (Å²) < 4.78 is 15.7. The Morgan fingerprint density at radius 1 is 1.29 bits per heavy atom. The lowest BCUT2D eigenvalue weighted by Gasteiger charge is -2.06. The molecule has 0 radical (unpaired) electrons. The van der Waals surface area contributed by atoms with E-state index in [2.05, 4.69) is 10.5 Å². The van der Waals surface area contributed by atoms with Crippen LogP contribution in [0.2, 0.25) is 0 Å². The van der Waals surface area contributed by atoms with Gasteiger partial charge in [-0.3, -0.25) is 4.79 Å². The molecule has 3 rings (SSSR count). The molecule has 1 amide bonds. The molecule has 0 saturated carbocycles. The van der Waals surface area contributed by atoms with Crippen LogP contribution >= 0.6 is 11.8 Å². The number of carbonyl (C=O) groups excluding carboxylic acids is 1. The molecule has 24 heavy (non-hydrogen) atoms. The summed E-state index contributed by atoms with van der Waals surface area (Å²) in [5.41, 5.74) is 3.08. The van der Waals surface area contributed by atoms with E-state index < -0.39 is 0 Å². The molecule has 2 aromatic rings. The molecule has 0 bridgehead atoms. The summed E-state index contributed by atoms with van der Waals surface area (Å²) >= 11 is 1.56. The van der Waals surface area contributed by atoms with Gasteiger partial charge in [-0.2, -0.15) is 0 Å². The first-order valence-electron chi connectivity index (χ1n) is 7.78. The Bertz CT molecular complexity index is 710. The van der Waals surface area contributed by atoms with Gasteiger partial charge in [0, 0.05) is 17.9 Å². The van der Waals surface area contributed by atoms with Crippen LogP contribution in [0.25, 0.3) is 0 Å². The first-order chi connectivity index (χ1) is 11.6. The summed E-state index contributed by atoms with van der Waals surface area (Å²) in [6.07, 6.45) is 0.761. The number of thioether (sulfide) groups is 1. The number of ether oxygens (including phenoxy) is 2. The fourth-order valence-electron chi connectivity index (χ4n) is 2.45. The monoisotopic (exact) mass is 348 g/mol. The number of aryl methyl sites for hydroxylation is 2. The largest absolute Gasteiger partial charge is 0.454 e. The van der Waals surface area contributed by atoms with E-state index >= 15 is 0 Å². The quantitative estimate of drug-likeness (QED) is 0.829. The minimum atomic E-state index is 0.0347. The molecular weight excluding hydrogens is 328 g/mol. The zero-order valence-corrected chi connectivity index (χ0v) is 14.6. The number of aromatic nitrogens is 1. The summed E-state index contributed by atoms with van der Waals surface area (Å²) in [5.74, 6) is 3.56. The maximum absolute atomic E-state index is 11.9. The lowest BCUT2D eigenvalue weighted by atomic mass is 10.1. The minimum Gasteiger partial charge on any atom is -0.454 e. The van der Waals surface area contributed by atoms with Gasteiger partial charge in [0.2, 0.25) is 12.7 Å². The van der Waals surface area contributed by atoms with E-state index in [-0.39, 0.29) is 12.7 Å². The van der Waals surface area contributed by atoms with Crippen molar-refractivity contribution >= 4 is 17.7 Å². The molecule has 0 saturated heterocycles. The molecule has 1 aromatic carbocycles. The highest BCUT2D eigenvalue weighted by Crippen LogP contribution is 2.32. The van der Waals surface area contributed by atoms with Crippen molar-refractivity contribution < 1.29 is 18.8 Å². The molecule has 2 heterocycles. The second kappa shape index (κ2) is 7.61. The van der Waals surface area contributed by atoms with Gasteiger partial charge in [-0.05, 0) is 38.0 Å². The molecule has 6 nitrogen and oxygen atoms in total. The Morgan fingerprint density at radius 3 is 2.92 bits per heavy atom. The van der Waals surface area contributed by atoms with Gasteiger partial charge in [0.05, 0.1) is 11.4 Å². The molecule has 1 aliphatic heterocycles. The average molecular weight is 348 g/mol. The fourth-order valence-corrected chi connectivity index (χ4v) is 3.45. The van der Waals surface area contributed by atoms with Crippen LogP contribution in [0.1, 0.15) is 22.6 Å². The van der Waals surface area contributed by atoms with Crippen molar-refractivity contribution in [3.63, 3.8) is 0 Å². The highest BCUT2D eigenvalue weighted by atomic mass is 32.2. The second-order valence-electron chi connectivity index (χ2n) is 5.58. The number of amides is 1. The first-order valence-corrected chi connectivity index (χ1v) is 8.93. The third-order valence-corrected chi connectivity index (χ3v) is 4.79. The maximum Gasteiger partial charge on any atom is 0.231 e. The molecule has 0 aliphatic carbocycles. The number of nitrogens with zero attached hydrogens (tertiary/aromatic N) is 1. The number of rotatable bonds is 7. The molecule has 128 valence electrons. The molecule has 1 aliphatic rings. The topological polar surface area (TPSA) is 73.6 Å². The van der Waals surface area contributed by atoms with Crippen molar-refractivity contribution in [1.29, 1.82) is 0 Å². The maximum atomic E-state index is 11.9. The number of hydrogen-bond donors (Lipinski definition) is 1. The molecule has 0 atom stereocenters. The first kappa shape index (κ1) is 16.7. The van der Waals surface area contributed by atoms with Crippen molar-refractivity contribution in [3.8, 4) is 11.5 Å². The normalized spacial score (nSPS) is 12.4. The van der Waals surface area contributed by atoms with Crippen LogP contribution in [0.4, 0.5) is 0 Å². The Morgan fingerprint density at radius 2 is 2.12 bits per heavy atom. The molecule has 1 aromatic heterocycles. The highest BCUT2D eigenvalue weighted by Gasteiger charge is 2.13. The summed E-state index contributed by atoms with van der Waals surface area (Å²) in [5, 5.41) is 6.85. The standard InChI is InChI=1S/C17H20N2O4S/c1-11-14(12(2)23-19-11)8-24-9-17(20)18-6-5-13-3-4-15-16(7-13)22-10-21-15/h3-4,7H,5-6,8-10H2,1-2H3,(H,18,20). The van der Waals surface area contributed by atoms with Crippen LogP contribution in [-0.2, 0) is 17.0 Å². The number of hydrogen-bond acceptors (Lipinski definition) is 6. The highest BCUT2D eigenvalue weighted by molar-refractivity contribution is 7.99. The molecule has 0 fully saturated rings.